The quantitative estimate of drug-likeness (QED) is 0.652. The summed E-state index contributed by atoms with van der Waals surface area (Å²) in [6.07, 6.45) is 3.29. The molecule has 1 aliphatic heterocycles. The van der Waals surface area contributed by atoms with Crippen LogP contribution in [0.2, 0.25) is 0 Å². The first-order chi connectivity index (χ1) is 14.4. The SMILES string of the molecule is CCn1ccc2cc(S(=O)(=O)N3CCC[C@H](C(=O)NCc4ccc(C)o4)C3)ccc21. The minimum atomic E-state index is -3.66. The van der Waals surface area contributed by atoms with Crippen LogP contribution in [0.1, 0.15) is 31.3 Å². The zero-order chi connectivity index (χ0) is 21.3. The van der Waals surface area contributed by atoms with E-state index in [9.17, 15) is 13.2 Å². The van der Waals surface area contributed by atoms with Crippen molar-refractivity contribution in [1.29, 1.82) is 0 Å². The maximum absolute atomic E-state index is 13.2. The molecule has 1 saturated heterocycles. The maximum Gasteiger partial charge on any atom is 0.243 e. The number of amides is 1. The molecular weight excluding hydrogens is 402 g/mol. The van der Waals surface area contributed by atoms with Gasteiger partial charge in [0.05, 0.1) is 17.4 Å². The second kappa shape index (κ2) is 8.28. The molecule has 0 aliphatic carbocycles. The Morgan fingerprint density at radius 1 is 1.23 bits per heavy atom. The molecule has 0 saturated carbocycles. The van der Waals surface area contributed by atoms with Crippen LogP contribution in [0.5, 0.6) is 0 Å². The predicted octanol–water partition coefficient (Wildman–Crippen LogP) is 3.28. The maximum atomic E-state index is 13.2. The lowest BCUT2D eigenvalue weighted by molar-refractivity contribution is -0.126. The van der Waals surface area contributed by atoms with E-state index in [1.54, 1.807) is 12.1 Å². The molecular formula is C22H27N3O4S. The number of nitrogens with zero attached hydrogens (tertiary/aromatic N) is 2. The molecule has 1 N–H and O–H groups in total. The minimum Gasteiger partial charge on any atom is -0.465 e. The van der Waals surface area contributed by atoms with Gasteiger partial charge in [0, 0.05) is 36.7 Å². The fraction of sp³-hybridized carbons (Fsp3) is 0.409. The number of carbonyl (C=O) groups excluding carboxylic acids is 1. The molecule has 2 aromatic heterocycles. The summed E-state index contributed by atoms with van der Waals surface area (Å²) in [7, 11) is -3.66. The van der Waals surface area contributed by atoms with Crippen LogP contribution < -0.4 is 5.32 Å². The second-order valence-corrected chi connectivity index (χ2v) is 9.69. The Hall–Kier alpha value is -2.58. The molecule has 1 amide bonds. The first kappa shape index (κ1) is 20.7. The summed E-state index contributed by atoms with van der Waals surface area (Å²) in [5.74, 6) is 0.975. The fourth-order valence-corrected chi connectivity index (χ4v) is 5.60. The Morgan fingerprint density at radius 3 is 2.80 bits per heavy atom. The number of benzene rings is 1. The normalized spacial score (nSPS) is 18.0. The Balaban J connectivity index is 1.47. The molecule has 1 aromatic carbocycles. The van der Waals surface area contributed by atoms with E-state index in [-0.39, 0.29) is 23.3 Å². The number of hydrogen-bond donors (Lipinski definition) is 1. The van der Waals surface area contributed by atoms with Gasteiger partial charge in [0.15, 0.2) is 0 Å². The van der Waals surface area contributed by atoms with E-state index in [1.807, 2.05) is 37.4 Å². The summed E-state index contributed by atoms with van der Waals surface area (Å²) >= 11 is 0. The third kappa shape index (κ3) is 4.02. The van der Waals surface area contributed by atoms with Gasteiger partial charge in [-0.1, -0.05) is 0 Å². The molecule has 1 aliphatic rings. The highest BCUT2D eigenvalue weighted by atomic mass is 32.2. The van der Waals surface area contributed by atoms with Crippen LogP contribution in [0.3, 0.4) is 0 Å². The third-order valence-electron chi connectivity index (χ3n) is 5.71. The average Bonchev–Trinajstić information content (AvgIpc) is 3.37. The topological polar surface area (TPSA) is 84.5 Å². The molecule has 160 valence electrons. The third-order valence-corrected chi connectivity index (χ3v) is 7.57. The zero-order valence-electron chi connectivity index (χ0n) is 17.3. The molecule has 0 bridgehead atoms. The number of hydrogen-bond acceptors (Lipinski definition) is 4. The Kier molecular flexibility index (Phi) is 5.71. The van der Waals surface area contributed by atoms with Gasteiger partial charge in [-0.15, -0.1) is 0 Å². The largest absolute Gasteiger partial charge is 0.465 e. The number of carbonyl (C=O) groups is 1. The van der Waals surface area contributed by atoms with Crippen LogP contribution in [0.15, 0.2) is 51.9 Å². The van der Waals surface area contributed by atoms with E-state index < -0.39 is 10.0 Å². The molecule has 0 spiro atoms. The van der Waals surface area contributed by atoms with Crippen LogP contribution in [0, 0.1) is 12.8 Å². The number of aromatic nitrogens is 1. The summed E-state index contributed by atoms with van der Waals surface area (Å²) in [5.41, 5.74) is 1.01. The molecule has 3 heterocycles. The Bertz CT molecular complexity index is 1160. The summed E-state index contributed by atoms with van der Waals surface area (Å²) in [6, 6.07) is 10.8. The van der Waals surface area contributed by atoms with Crippen molar-refractivity contribution in [2.45, 2.75) is 44.7 Å². The highest BCUT2D eigenvalue weighted by molar-refractivity contribution is 7.89. The van der Waals surface area contributed by atoms with Crippen LogP contribution in [0.25, 0.3) is 10.9 Å². The number of aryl methyl sites for hydroxylation is 2. The van der Waals surface area contributed by atoms with Crippen LogP contribution in [-0.4, -0.2) is 36.3 Å². The summed E-state index contributed by atoms with van der Waals surface area (Å²) in [4.78, 5) is 12.9. The van der Waals surface area contributed by atoms with Gasteiger partial charge in [0.1, 0.15) is 11.5 Å². The smallest absolute Gasteiger partial charge is 0.243 e. The van der Waals surface area contributed by atoms with Crippen molar-refractivity contribution in [3.8, 4) is 0 Å². The van der Waals surface area contributed by atoms with Crippen LogP contribution in [-0.2, 0) is 27.9 Å². The predicted molar refractivity (Wildman–Crippen MR) is 114 cm³/mol. The molecule has 1 fully saturated rings. The standard InChI is InChI=1S/C22H27N3O4S/c1-3-24-12-10-17-13-20(8-9-21(17)24)30(27,28)25-11-4-5-18(15-25)22(26)23-14-19-7-6-16(2)29-19/h6-10,12-13,18H,3-5,11,14-15H2,1-2H3,(H,23,26)/t18-/m0/s1. The number of nitrogens with one attached hydrogen (secondary N) is 1. The van der Waals surface area contributed by atoms with E-state index in [4.69, 9.17) is 4.42 Å². The lowest BCUT2D eigenvalue weighted by atomic mass is 9.99. The summed E-state index contributed by atoms with van der Waals surface area (Å²) in [6.45, 7) is 5.66. The summed E-state index contributed by atoms with van der Waals surface area (Å²) < 4.78 is 35.5. The summed E-state index contributed by atoms with van der Waals surface area (Å²) in [5, 5.41) is 3.77. The Morgan fingerprint density at radius 2 is 2.07 bits per heavy atom. The van der Waals surface area contributed by atoms with Crippen molar-refractivity contribution >= 4 is 26.8 Å². The monoisotopic (exact) mass is 429 g/mol. The molecule has 3 aromatic rings. The minimum absolute atomic E-state index is 0.139. The number of fused-ring (bicyclic) bond motifs is 1. The van der Waals surface area contributed by atoms with E-state index in [2.05, 4.69) is 16.8 Å². The van der Waals surface area contributed by atoms with Gasteiger partial charge in [-0.05, 0) is 63.1 Å². The number of sulfonamides is 1. The second-order valence-electron chi connectivity index (χ2n) is 7.75. The number of furan rings is 1. The first-order valence-electron chi connectivity index (χ1n) is 10.3. The molecule has 0 radical (unpaired) electrons. The first-order valence-corrected chi connectivity index (χ1v) is 11.7. The van der Waals surface area contributed by atoms with Gasteiger partial charge in [0.25, 0.3) is 0 Å². The molecule has 8 heteroatoms. The van der Waals surface area contributed by atoms with Gasteiger partial charge in [-0.25, -0.2) is 8.42 Å². The molecule has 7 nitrogen and oxygen atoms in total. The van der Waals surface area contributed by atoms with E-state index in [1.165, 1.54) is 4.31 Å². The van der Waals surface area contributed by atoms with Crippen molar-refractivity contribution in [2.24, 2.45) is 5.92 Å². The highest BCUT2D eigenvalue weighted by Crippen LogP contribution is 2.27. The van der Waals surface area contributed by atoms with Crippen molar-refractivity contribution in [3.63, 3.8) is 0 Å². The average molecular weight is 430 g/mol. The molecule has 30 heavy (non-hydrogen) atoms. The van der Waals surface area contributed by atoms with Gasteiger partial charge < -0.3 is 14.3 Å². The number of piperidine rings is 1. The van der Waals surface area contributed by atoms with Gasteiger partial charge in [0.2, 0.25) is 15.9 Å². The number of rotatable bonds is 6. The van der Waals surface area contributed by atoms with Crippen molar-refractivity contribution in [3.05, 3.63) is 54.1 Å². The Labute approximate surface area is 176 Å². The van der Waals surface area contributed by atoms with E-state index >= 15 is 0 Å². The van der Waals surface area contributed by atoms with Gasteiger partial charge >= 0.3 is 0 Å². The highest BCUT2D eigenvalue weighted by Gasteiger charge is 2.33. The van der Waals surface area contributed by atoms with E-state index in [0.717, 1.165) is 23.2 Å². The molecule has 1 atom stereocenters. The lowest BCUT2D eigenvalue weighted by Crippen LogP contribution is -2.45. The van der Waals surface area contributed by atoms with Crippen LogP contribution >= 0.6 is 0 Å². The lowest BCUT2D eigenvalue weighted by Gasteiger charge is -2.31. The molecule has 0 unspecified atom stereocenters. The van der Waals surface area contributed by atoms with Crippen molar-refractivity contribution < 1.29 is 17.6 Å². The van der Waals surface area contributed by atoms with Gasteiger partial charge in [-0.3, -0.25) is 4.79 Å². The van der Waals surface area contributed by atoms with E-state index in [0.29, 0.717) is 31.7 Å². The van der Waals surface area contributed by atoms with Crippen molar-refractivity contribution in [1.82, 2.24) is 14.2 Å². The van der Waals surface area contributed by atoms with Crippen molar-refractivity contribution in [2.75, 3.05) is 13.1 Å². The van der Waals surface area contributed by atoms with Gasteiger partial charge in [-0.2, -0.15) is 4.31 Å². The van der Waals surface area contributed by atoms with Crippen LogP contribution in [0.4, 0.5) is 0 Å². The molecule has 4 rings (SSSR count). The zero-order valence-corrected chi connectivity index (χ0v) is 18.1. The fourth-order valence-electron chi connectivity index (χ4n) is 4.04.